The first-order valence-corrected chi connectivity index (χ1v) is 7.20. The third-order valence-electron chi connectivity index (χ3n) is 3.25. The van der Waals surface area contributed by atoms with Gasteiger partial charge in [-0.1, -0.05) is 11.6 Å². The summed E-state index contributed by atoms with van der Waals surface area (Å²) in [4.78, 5) is 26.8. The third-order valence-corrected chi connectivity index (χ3v) is 4.41. The van der Waals surface area contributed by atoms with E-state index >= 15 is 0 Å². The number of carboxylic acid groups (broad SMARTS) is 1. The molecule has 10 heteroatoms. The number of carbonyl (C=O) groups is 2. The molecule has 1 aliphatic carbocycles. The standard InChI is InChI=1S/C11H10ClF3N2O3S/c12-7-4-21-10(16-7)17(9(20)11(13,14)15)6-2-1-5(3-6)8(18)19/h4-6H,1-3H2,(H,18,19)/t5-,6+/m1/s1. The summed E-state index contributed by atoms with van der Waals surface area (Å²) >= 11 is 6.41. The minimum Gasteiger partial charge on any atom is -0.481 e. The Hall–Kier alpha value is -1.35. The summed E-state index contributed by atoms with van der Waals surface area (Å²) < 4.78 is 38.2. The van der Waals surface area contributed by atoms with Crippen LogP contribution in [0.2, 0.25) is 5.15 Å². The molecule has 1 heterocycles. The van der Waals surface area contributed by atoms with Gasteiger partial charge in [-0.2, -0.15) is 13.2 Å². The first kappa shape index (κ1) is 16.0. The molecule has 1 aromatic rings. The molecule has 1 fully saturated rings. The average Bonchev–Trinajstić information content (AvgIpc) is 2.98. The lowest BCUT2D eigenvalue weighted by atomic mass is 10.1. The number of amides is 1. The zero-order valence-electron chi connectivity index (χ0n) is 10.4. The van der Waals surface area contributed by atoms with Crippen LogP contribution in [0.5, 0.6) is 0 Å². The quantitative estimate of drug-likeness (QED) is 0.916. The number of halogens is 4. The van der Waals surface area contributed by atoms with Gasteiger partial charge in [-0.3, -0.25) is 14.5 Å². The molecule has 1 aliphatic rings. The van der Waals surface area contributed by atoms with E-state index in [2.05, 4.69) is 4.98 Å². The van der Waals surface area contributed by atoms with E-state index in [0.717, 1.165) is 11.3 Å². The molecule has 0 aromatic carbocycles. The van der Waals surface area contributed by atoms with Gasteiger partial charge in [0.2, 0.25) is 0 Å². The van der Waals surface area contributed by atoms with Crippen LogP contribution in [0.4, 0.5) is 18.3 Å². The van der Waals surface area contributed by atoms with Crippen molar-refractivity contribution in [1.29, 1.82) is 0 Å². The Labute approximate surface area is 126 Å². The lowest BCUT2D eigenvalue weighted by molar-refractivity contribution is -0.171. The van der Waals surface area contributed by atoms with E-state index in [4.69, 9.17) is 16.7 Å². The highest BCUT2D eigenvalue weighted by Gasteiger charge is 2.48. The molecule has 0 saturated heterocycles. The lowest BCUT2D eigenvalue weighted by Gasteiger charge is -2.27. The predicted molar refractivity (Wildman–Crippen MR) is 69.4 cm³/mol. The molecule has 1 N–H and O–H groups in total. The van der Waals surface area contributed by atoms with Crippen molar-refractivity contribution in [1.82, 2.24) is 4.98 Å². The highest BCUT2D eigenvalue weighted by molar-refractivity contribution is 7.14. The van der Waals surface area contributed by atoms with Gasteiger partial charge in [-0.25, -0.2) is 4.98 Å². The fourth-order valence-corrected chi connectivity index (χ4v) is 3.33. The minimum absolute atomic E-state index is 0.0113. The van der Waals surface area contributed by atoms with E-state index in [1.807, 2.05) is 0 Å². The lowest BCUT2D eigenvalue weighted by Crippen LogP contribution is -2.46. The second-order valence-corrected chi connectivity index (χ2v) is 5.85. The fraction of sp³-hybridized carbons (Fsp3) is 0.545. The maximum absolute atomic E-state index is 12.7. The van der Waals surface area contributed by atoms with Crippen LogP contribution in [0.15, 0.2) is 5.38 Å². The van der Waals surface area contributed by atoms with Crippen LogP contribution in [0, 0.1) is 5.92 Å². The highest BCUT2D eigenvalue weighted by Crippen LogP contribution is 2.37. The fourth-order valence-electron chi connectivity index (χ4n) is 2.32. The summed E-state index contributed by atoms with van der Waals surface area (Å²) in [6.45, 7) is 0. The van der Waals surface area contributed by atoms with Crippen molar-refractivity contribution in [3.05, 3.63) is 10.5 Å². The smallest absolute Gasteiger partial charge is 0.471 e. The maximum atomic E-state index is 12.7. The number of aliphatic carboxylic acids is 1. The molecule has 0 bridgehead atoms. The summed E-state index contributed by atoms with van der Waals surface area (Å²) in [5, 5.41) is 10.1. The predicted octanol–water partition coefficient (Wildman–Crippen LogP) is 2.95. The first-order chi connectivity index (χ1) is 9.70. The molecule has 2 rings (SSSR count). The van der Waals surface area contributed by atoms with Crippen LogP contribution in [0.25, 0.3) is 0 Å². The van der Waals surface area contributed by atoms with Crippen molar-refractivity contribution < 1.29 is 27.9 Å². The number of thiazole rings is 1. The SMILES string of the molecule is O=C(O)[C@@H]1CC[C@H](N(C(=O)C(F)(F)F)c2nc(Cl)cs2)C1. The molecule has 1 saturated carbocycles. The Balaban J connectivity index is 2.29. The third kappa shape index (κ3) is 3.46. The maximum Gasteiger partial charge on any atom is 0.471 e. The van der Waals surface area contributed by atoms with Gasteiger partial charge < -0.3 is 5.11 Å². The zero-order valence-corrected chi connectivity index (χ0v) is 12.0. The van der Waals surface area contributed by atoms with Gasteiger partial charge in [0.15, 0.2) is 5.13 Å². The molecule has 0 spiro atoms. The van der Waals surface area contributed by atoms with E-state index < -0.39 is 30.0 Å². The number of carbonyl (C=O) groups excluding carboxylic acids is 1. The van der Waals surface area contributed by atoms with E-state index in [-0.39, 0.29) is 29.5 Å². The van der Waals surface area contributed by atoms with E-state index in [9.17, 15) is 22.8 Å². The van der Waals surface area contributed by atoms with Crippen LogP contribution in [0.1, 0.15) is 19.3 Å². The summed E-state index contributed by atoms with van der Waals surface area (Å²) in [6, 6.07) is -0.845. The normalized spacial score (nSPS) is 22.3. The Morgan fingerprint density at radius 1 is 1.43 bits per heavy atom. The average molecular weight is 343 g/mol. The second-order valence-electron chi connectivity index (χ2n) is 4.63. The second kappa shape index (κ2) is 5.80. The molecule has 21 heavy (non-hydrogen) atoms. The van der Waals surface area contributed by atoms with Gasteiger partial charge >= 0.3 is 18.1 Å². The van der Waals surface area contributed by atoms with Gasteiger partial charge in [0.25, 0.3) is 0 Å². The molecular weight excluding hydrogens is 333 g/mol. The van der Waals surface area contributed by atoms with E-state index in [1.54, 1.807) is 0 Å². The molecule has 5 nitrogen and oxygen atoms in total. The Morgan fingerprint density at radius 3 is 2.52 bits per heavy atom. The molecule has 0 aliphatic heterocycles. The summed E-state index contributed by atoms with van der Waals surface area (Å²) in [5.74, 6) is -3.88. The molecule has 1 amide bonds. The van der Waals surface area contributed by atoms with Crippen LogP contribution in [0.3, 0.4) is 0 Å². The zero-order chi connectivity index (χ0) is 15.8. The number of alkyl halides is 3. The summed E-state index contributed by atoms with van der Waals surface area (Å²) in [7, 11) is 0. The molecule has 0 unspecified atom stereocenters. The van der Waals surface area contributed by atoms with Crippen molar-refractivity contribution in [2.75, 3.05) is 4.90 Å². The number of hydrogen-bond donors (Lipinski definition) is 1. The van der Waals surface area contributed by atoms with Crippen LogP contribution in [-0.2, 0) is 9.59 Å². The minimum atomic E-state index is -5.06. The van der Waals surface area contributed by atoms with E-state index in [1.165, 1.54) is 5.38 Å². The Bertz CT molecular complexity index is 563. The molecule has 1 aromatic heterocycles. The van der Waals surface area contributed by atoms with Gasteiger partial charge in [0.05, 0.1) is 5.92 Å². The van der Waals surface area contributed by atoms with Crippen molar-refractivity contribution in [3.8, 4) is 0 Å². The molecular formula is C11H10ClF3N2O3S. The van der Waals surface area contributed by atoms with Crippen LogP contribution in [-0.4, -0.2) is 34.2 Å². The topological polar surface area (TPSA) is 70.5 Å². The van der Waals surface area contributed by atoms with Crippen molar-refractivity contribution in [3.63, 3.8) is 0 Å². The van der Waals surface area contributed by atoms with Gasteiger partial charge in [0.1, 0.15) is 5.15 Å². The number of aromatic nitrogens is 1. The Kier molecular flexibility index (Phi) is 4.43. The number of anilines is 1. The number of nitrogens with zero attached hydrogens (tertiary/aromatic N) is 2. The largest absolute Gasteiger partial charge is 0.481 e. The van der Waals surface area contributed by atoms with Crippen molar-refractivity contribution >= 4 is 39.9 Å². The highest BCUT2D eigenvalue weighted by atomic mass is 35.5. The monoisotopic (exact) mass is 342 g/mol. The van der Waals surface area contributed by atoms with Crippen LogP contribution >= 0.6 is 22.9 Å². The number of hydrogen-bond acceptors (Lipinski definition) is 4. The van der Waals surface area contributed by atoms with Gasteiger partial charge in [0, 0.05) is 11.4 Å². The molecule has 116 valence electrons. The van der Waals surface area contributed by atoms with Gasteiger partial charge in [-0.05, 0) is 19.3 Å². The summed E-state index contributed by atoms with van der Waals surface area (Å²) in [6.07, 6.45) is -4.69. The van der Waals surface area contributed by atoms with Gasteiger partial charge in [-0.15, -0.1) is 11.3 Å². The molecule has 2 atom stereocenters. The van der Waals surface area contributed by atoms with Crippen LogP contribution < -0.4 is 4.90 Å². The van der Waals surface area contributed by atoms with E-state index in [0.29, 0.717) is 4.90 Å². The summed E-state index contributed by atoms with van der Waals surface area (Å²) in [5.41, 5.74) is 0. The van der Waals surface area contributed by atoms with Crippen molar-refractivity contribution in [2.45, 2.75) is 31.5 Å². The first-order valence-electron chi connectivity index (χ1n) is 5.94. The number of carboxylic acids is 1. The molecule has 0 radical (unpaired) electrons. The number of rotatable bonds is 3. The van der Waals surface area contributed by atoms with Crippen molar-refractivity contribution in [2.24, 2.45) is 5.92 Å². The Morgan fingerprint density at radius 2 is 2.10 bits per heavy atom.